The molecule has 1 amide bonds. The highest BCUT2D eigenvalue weighted by molar-refractivity contribution is 7.90. The third kappa shape index (κ3) is 3.09. The lowest BCUT2D eigenvalue weighted by atomic mass is 10.2. The quantitative estimate of drug-likeness (QED) is 0.849. The zero-order chi connectivity index (χ0) is 14.8. The molecule has 0 saturated carbocycles. The number of nitrogens with two attached hydrogens (primary N) is 1. The van der Waals surface area contributed by atoms with E-state index in [0.29, 0.717) is 5.69 Å². The van der Waals surface area contributed by atoms with Crippen LogP contribution in [0.2, 0.25) is 5.02 Å². The predicted octanol–water partition coefficient (Wildman–Crippen LogP) is 2.04. The second-order valence-corrected chi connectivity index (χ2v) is 6.07. The highest BCUT2D eigenvalue weighted by Gasteiger charge is 2.19. The molecule has 0 aromatic heterocycles. The van der Waals surface area contributed by atoms with Crippen LogP contribution in [-0.2, 0) is 10.0 Å². The van der Waals surface area contributed by atoms with Crippen molar-refractivity contribution in [3.63, 3.8) is 0 Å². The predicted molar refractivity (Wildman–Crippen MR) is 77.0 cm³/mol. The van der Waals surface area contributed by atoms with Crippen LogP contribution < -0.4 is 10.5 Å². The van der Waals surface area contributed by atoms with Gasteiger partial charge in [-0.25, -0.2) is 13.1 Å². The third-order valence-corrected chi connectivity index (χ3v) is 4.21. The minimum atomic E-state index is -3.95. The molecular weight excluding hydrogens is 300 g/mol. The van der Waals surface area contributed by atoms with Crippen molar-refractivity contribution in [3.8, 4) is 0 Å². The zero-order valence-electron chi connectivity index (χ0n) is 10.2. The molecule has 0 heterocycles. The first-order valence-electron chi connectivity index (χ1n) is 5.57. The Balaban J connectivity index is 2.27. The zero-order valence-corrected chi connectivity index (χ0v) is 11.8. The highest BCUT2D eigenvalue weighted by Crippen LogP contribution is 2.16. The average molecular weight is 311 g/mol. The third-order valence-electron chi connectivity index (χ3n) is 2.54. The summed E-state index contributed by atoms with van der Waals surface area (Å²) in [5, 5.41) is 0.178. The van der Waals surface area contributed by atoms with Crippen LogP contribution in [0.5, 0.6) is 0 Å². The number of hydrogen-bond acceptors (Lipinski definition) is 4. The van der Waals surface area contributed by atoms with Crippen molar-refractivity contribution in [2.75, 3.05) is 5.73 Å². The van der Waals surface area contributed by atoms with Gasteiger partial charge in [0.05, 0.1) is 15.5 Å². The van der Waals surface area contributed by atoms with Crippen LogP contribution in [0.15, 0.2) is 53.4 Å². The Morgan fingerprint density at radius 3 is 2.25 bits per heavy atom. The van der Waals surface area contributed by atoms with Gasteiger partial charge < -0.3 is 5.73 Å². The fraction of sp³-hybridized carbons (Fsp3) is 0. The summed E-state index contributed by atoms with van der Waals surface area (Å²) in [6.07, 6.45) is 0. The number of anilines is 1. The summed E-state index contributed by atoms with van der Waals surface area (Å²) in [5.41, 5.74) is 6.01. The molecule has 0 aliphatic carbocycles. The smallest absolute Gasteiger partial charge is 0.266 e. The first kappa shape index (κ1) is 14.4. The first-order chi connectivity index (χ1) is 9.40. The first-order valence-corrected chi connectivity index (χ1v) is 7.43. The number of carbonyl (C=O) groups excluding carboxylic acids is 1. The number of rotatable bonds is 3. The molecule has 0 spiro atoms. The van der Waals surface area contributed by atoms with Crippen molar-refractivity contribution < 1.29 is 13.2 Å². The molecule has 3 N–H and O–H groups in total. The number of nitrogens with one attached hydrogen (secondary N) is 1. The van der Waals surface area contributed by atoms with Gasteiger partial charge in [-0.3, -0.25) is 4.79 Å². The molecule has 104 valence electrons. The Hall–Kier alpha value is -2.05. The van der Waals surface area contributed by atoms with Crippen LogP contribution in [0.1, 0.15) is 10.4 Å². The van der Waals surface area contributed by atoms with E-state index in [4.69, 9.17) is 17.3 Å². The van der Waals surface area contributed by atoms with Crippen LogP contribution in [0.25, 0.3) is 0 Å². The van der Waals surface area contributed by atoms with Crippen molar-refractivity contribution in [1.82, 2.24) is 4.72 Å². The molecule has 0 aliphatic rings. The van der Waals surface area contributed by atoms with Gasteiger partial charge in [0, 0.05) is 5.69 Å². The summed E-state index contributed by atoms with van der Waals surface area (Å²) in [6.45, 7) is 0. The van der Waals surface area contributed by atoms with Crippen molar-refractivity contribution >= 4 is 33.2 Å². The van der Waals surface area contributed by atoms with Crippen LogP contribution in [0, 0.1) is 0 Å². The Bertz CT molecular complexity index is 742. The van der Waals surface area contributed by atoms with E-state index in [9.17, 15) is 13.2 Å². The van der Waals surface area contributed by atoms with Gasteiger partial charge in [0.2, 0.25) is 0 Å². The van der Waals surface area contributed by atoms with E-state index in [1.807, 2.05) is 4.72 Å². The number of carbonyl (C=O) groups is 1. The summed E-state index contributed by atoms with van der Waals surface area (Å²) < 4.78 is 26.0. The summed E-state index contributed by atoms with van der Waals surface area (Å²) >= 11 is 5.84. The second kappa shape index (κ2) is 5.52. The van der Waals surface area contributed by atoms with Crippen LogP contribution >= 0.6 is 11.6 Å². The standard InChI is InChI=1S/C13H11ClN2O3S/c14-12-4-2-1-3-11(12)13(17)16-20(18,19)10-7-5-9(15)6-8-10/h1-8H,15H2,(H,16,17). The molecule has 0 aliphatic heterocycles. The van der Waals surface area contributed by atoms with Crippen molar-refractivity contribution in [3.05, 3.63) is 59.1 Å². The molecule has 0 atom stereocenters. The van der Waals surface area contributed by atoms with Crippen LogP contribution in [0.3, 0.4) is 0 Å². The molecule has 0 unspecified atom stereocenters. The van der Waals surface area contributed by atoms with Crippen LogP contribution in [-0.4, -0.2) is 14.3 Å². The fourth-order valence-electron chi connectivity index (χ4n) is 1.53. The topological polar surface area (TPSA) is 89.3 Å². The van der Waals surface area contributed by atoms with Gasteiger partial charge >= 0.3 is 0 Å². The molecule has 2 aromatic rings. The summed E-state index contributed by atoms with van der Waals surface area (Å²) in [6, 6.07) is 11.7. The molecule has 5 nitrogen and oxygen atoms in total. The van der Waals surface area contributed by atoms with Crippen molar-refractivity contribution in [1.29, 1.82) is 0 Å². The fourth-order valence-corrected chi connectivity index (χ4v) is 2.72. The Kier molecular flexibility index (Phi) is 3.96. The summed E-state index contributed by atoms with van der Waals surface area (Å²) in [4.78, 5) is 11.9. The number of halogens is 1. The molecule has 2 aromatic carbocycles. The number of benzene rings is 2. The van der Waals surface area contributed by atoms with Crippen LogP contribution in [0.4, 0.5) is 5.69 Å². The average Bonchev–Trinajstić information content (AvgIpc) is 2.39. The van der Waals surface area contributed by atoms with Gasteiger partial charge in [-0.1, -0.05) is 23.7 Å². The number of sulfonamides is 1. The maximum absolute atomic E-state index is 12.0. The van der Waals surface area contributed by atoms with Gasteiger partial charge in [0.1, 0.15) is 0 Å². The SMILES string of the molecule is Nc1ccc(S(=O)(=O)NC(=O)c2ccccc2Cl)cc1. The minimum Gasteiger partial charge on any atom is -0.399 e. The molecule has 0 radical (unpaired) electrons. The molecule has 20 heavy (non-hydrogen) atoms. The summed E-state index contributed by atoms with van der Waals surface area (Å²) in [7, 11) is -3.95. The summed E-state index contributed by atoms with van der Waals surface area (Å²) in [5.74, 6) is -0.785. The lowest BCUT2D eigenvalue weighted by molar-refractivity contribution is 0.0981. The Morgan fingerprint density at radius 2 is 1.65 bits per heavy atom. The molecule has 0 fully saturated rings. The van der Waals surface area contributed by atoms with E-state index in [-0.39, 0.29) is 15.5 Å². The van der Waals surface area contributed by atoms with Crippen molar-refractivity contribution in [2.45, 2.75) is 4.90 Å². The van der Waals surface area contributed by atoms with E-state index < -0.39 is 15.9 Å². The van der Waals surface area contributed by atoms with Gasteiger partial charge in [-0.05, 0) is 36.4 Å². The molecule has 0 bridgehead atoms. The van der Waals surface area contributed by atoms with E-state index in [1.54, 1.807) is 12.1 Å². The Morgan fingerprint density at radius 1 is 1.05 bits per heavy atom. The van der Waals surface area contributed by atoms with E-state index in [1.165, 1.54) is 36.4 Å². The molecular formula is C13H11ClN2O3S. The van der Waals surface area contributed by atoms with E-state index >= 15 is 0 Å². The molecule has 0 saturated heterocycles. The lowest BCUT2D eigenvalue weighted by Gasteiger charge is -2.08. The van der Waals surface area contributed by atoms with Gasteiger partial charge in [0.15, 0.2) is 0 Å². The van der Waals surface area contributed by atoms with Gasteiger partial charge in [0.25, 0.3) is 15.9 Å². The van der Waals surface area contributed by atoms with Crippen molar-refractivity contribution in [2.24, 2.45) is 0 Å². The lowest BCUT2D eigenvalue weighted by Crippen LogP contribution is -2.30. The number of nitrogen functional groups attached to an aromatic ring is 1. The molecule has 2 rings (SSSR count). The maximum atomic E-state index is 12.0. The van der Waals surface area contributed by atoms with Gasteiger partial charge in [-0.2, -0.15) is 0 Å². The maximum Gasteiger partial charge on any atom is 0.266 e. The monoisotopic (exact) mass is 310 g/mol. The largest absolute Gasteiger partial charge is 0.399 e. The van der Waals surface area contributed by atoms with Gasteiger partial charge in [-0.15, -0.1) is 0 Å². The Labute approximate surface area is 121 Å². The van der Waals surface area contributed by atoms with E-state index in [0.717, 1.165) is 0 Å². The highest BCUT2D eigenvalue weighted by atomic mass is 35.5. The number of hydrogen-bond donors (Lipinski definition) is 2. The minimum absolute atomic E-state index is 0.0490. The molecule has 7 heteroatoms. The van der Waals surface area contributed by atoms with E-state index in [2.05, 4.69) is 0 Å². The number of amides is 1. The normalized spacial score (nSPS) is 11.1. The second-order valence-electron chi connectivity index (χ2n) is 3.98.